The van der Waals surface area contributed by atoms with Crippen molar-refractivity contribution in [2.75, 3.05) is 11.6 Å². The highest BCUT2D eigenvalue weighted by Gasteiger charge is 2.11. The summed E-state index contributed by atoms with van der Waals surface area (Å²) in [5.74, 6) is 0.865. The van der Waals surface area contributed by atoms with Gasteiger partial charge in [-0.3, -0.25) is 4.79 Å². The minimum Gasteiger partial charge on any atom is -0.489 e. The maximum absolute atomic E-state index is 11.7. The number of ether oxygens (including phenoxy) is 1. The Balaban J connectivity index is 2.17. The quantitative estimate of drug-likeness (QED) is 0.697. The number of benzene rings is 2. The maximum Gasteiger partial charge on any atom is 0.283 e. The molecule has 2 rings (SSSR count). The largest absolute Gasteiger partial charge is 0.489 e. The fraction of sp³-hybridized carbons (Fsp3) is 0.278. The van der Waals surface area contributed by atoms with Gasteiger partial charge in [0.2, 0.25) is 0 Å². The summed E-state index contributed by atoms with van der Waals surface area (Å²) in [4.78, 5) is 11.7. The monoisotopic (exact) mass is 393 g/mol. The number of carbonyl (C=O) groups excluding carboxylic acids is 1. The van der Waals surface area contributed by atoms with Crippen LogP contribution >= 0.6 is 27.7 Å². The summed E-state index contributed by atoms with van der Waals surface area (Å²) in [6.45, 7) is 4.58. The number of amides is 1. The third-order valence-electron chi connectivity index (χ3n) is 3.54. The summed E-state index contributed by atoms with van der Waals surface area (Å²) in [5, 5.41) is 2.80. The van der Waals surface area contributed by atoms with Crippen molar-refractivity contribution in [3.05, 3.63) is 57.6 Å². The van der Waals surface area contributed by atoms with Crippen LogP contribution < -0.4 is 10.1 Å². The van der Waals surface area contributed by atoms with E-state index < -0.39 is 0 Å². The molecule has 0 saturated heterocycles. The van der Waals surface area contributed by atoms with E-state index in [2.05, 4.69) is 40.3 Å². The van der Waals surface area contributed by atoms with Crippen LogP contribution in [-0.2, 0) is 13.0 Å². The van der Waals surface area contributed by atoms with E-state index in [1.54, 1.807) is 6.26 Å². The van der Waals surface area contributed by atoms with Crippen molar-refractivity contribution in [2.24, 2.45) is 0 Å². The lowest BCUT2D eigenvalue weighted by molar-refractivity contribution is 0.269. The molecule has 0 unspecified atom stereocenters. The molecule has 0 spiro atoms. The molecule has 122 valence electrons. The standard InChI is InChI=1S/C18H20BrNO2S/c1-4-13-8-9-16(12(2)10-13)22-11-14-6-5-7-15(19)17(14)20-18(21)23-3/h5-10H,4,11H2,1-3H3,(H,20,21). The normalized spacial score (nSPS) is 10.4. The molecule has 1 amide bonds. The van der Waals surface area contributed by atoms with E-state index in [0.717, 1.165) is 45.2 Å². The molecule has 0 radical (unpaired) electrons. The zero-order chi connectivity index (χ0) is 16.8. The highest BCUT2D eigenvalue weighted by Crippen LogP contribution is 2.29. The van der Waals surface area contributed by atoms with Crippen molar-refractivity contribution in [3.63, 3.8) is 0 Å². The van der Waals surface area contributed by atoms with Crippen molar-refractivity contribution in [2.45, 2.75) is 26.9 Å². The number of rotatable bonds is 5. The van der Waals surface area contributed by atoms with Crippen LogP contribution in [0.5, 0.6) is 5.75 Å². The van der Waals surface area contributed by atoms with E-state index in [1.165, 1.54) is 5.56 Å². The average Bonchev–Trinajstić information content (AvgIpc) is 2.56. The molecule has 1 N–H and O–H groups in total. The molecule has 0 atom stereocenters. The van der Waals surface area contributed by atoms with Gasteiger partial charge < -0.3 is 10.1 Å². The Morgan fingerprint density at radius 2 is 2.09 bits per heavy atom. The summed E-state index contributed by atoms with van der Waals surface area (Å²) in [6.07, 6.45) is 2.76. The lowest BCUT2D eigenvalue weighted by Gasteiger charge is -2.15. The van der Waals surface area contributed by atoms with Gasteiger partial charge in [-0.25, -0.2) is 0 Å². The Morgan fingerprint density at radius 3 is 2.74 bits per heavy atom. The highest BCUT2D eigenvalue weighted by molar-refractivity contribution is 9.10. The van der Waals surface area contributed by atoms with E-state index >= 15 is 0 Å². The van der Waals surface area contributed by atoms with E-state index in [4.69, 9.17) is 4.74 Å². The maximum atomic E-state index is 11.7. The van der Waals surface area contributed by atoms with Crippen LogP contribution in [0.25, 0.3) is 0 Å². The Morgan fingerprint density at radius 1 is 1.30 bits per heavy atom. The summed E-state index contributed by atoms with van der Waals surface area (Å²) in [6, 6.07) is 12.0. The van der Waals surface area contributed by atoms with Gasteiger partial charge >= 0.3 is 0 Å². The van der Waals surface area contributed by atoms with Crippen LogP contribution in [0.1, 0.15) is 23.6 Å². The van der Waals surface area contributed by atoms with Gasteiger partial charge in [0.15, 0.2) is 0 Å². The third kappa shape index (κ3) is 4.75. The van der Waals surface area contributed by atoms with E-state index in [-0.39, 0.29) is 5.24 Å². The van der Waals surface area contributed by atoms with Crippen LogP contribution in [0.2, 0.25) is 0 Å². The first kappa shape index (κ1) is 17.9. The van der Waals surface area contributed by atoms with E-state index in [1.807, 2.05) is 31.2 Å². The SMILES string of the molecule is CCc1ccc(OCc2cccc(Br)c2NC(=O)SC)c(C)c1. The molecule has 0 aromatic heterocycles. The average molecular weight is 394 g/mol. The van der Waals surface area contributed by atoms with Gasteiger partial charge in [-0.1, -0.05) is 43.0 Å². The van der Waals surface area contributed by atoms with Gasteiger partial charge in [-0.2, -0.15) is 0 Å². The van der Waals surface area contributed by atoms with Crippen LogP contribution in [0.4, 0.5) is 10.5 Å². The predicted octanol–water partition coefficient (Wildman–Crippen LogP) is 5.79. The Labute approximate surface area is 149 Å². The Bertz CT molecular complexity index is 703. The molecule has 0 aliphatic heterocycles. The first-order valence-electron chi connectivity index (χ1n) is 7.39. The first-order valence-corrected chi connectivity index (χ1v) is 9.41. The first-order chi connectivity index (χ1) is 11.0. The van der Waals surface area contributed by atoms with Crippen LogP contribution in [0.3, 0.4) is 0 Å². The van der Waals surface area contributed by atoms with Gasteiger partial charge in [0.1, 0.15) is 12.4 Å². The molecule has 0 fully saturated rings. The highest BCUT2D eigenvalue weighted by atomic mass is 79.9. The number of aryl methyl sites for hydroxylation is 2. The molecule has 0 heterocycles. The van der Waals surface area contributed by atoms with Gasteiger partial charge in [0.05, 0.1) is 5.69 Å². The number of anilines is 1. The third-order valence-corrected chi connectivity index (χ3v) is 4.68. The zero-order valence-corrected chi connectivity index (χ0v) is 15.9. The number of hydrogen-bond donors (Lipinski definition) is 1. The molecule has 2 aromatic rings. The molecular weight excluding hydrogens is 374 g/mol. The van der Waals surface area contributed by atoms with Crippen molar-refractivity contribution < 1.29 is 9.53 Å². The van der Waals surface area contributed by atoms with Gasteiger partial charge in [-0.15, -0.1) is 0 Å². The molecule has 5 heteroatoms. The lowest BCUT2D eigenvalue weighted by atomic mass is 10.1. The van der Waals surface area contributed by atoms with Crippen molar-refractivity contribution in [1.29, 1.82) is 0 Å². The number of hydrogen-bond acceptors (Lipinski definition) is 3. The summed E-state index contributed by atoms with van der Waals surface area (Å²) < 4.78 is 6.80. The summed E-state index contributed by atoms with van der Waals surface area (Å²) >= 11 is 4.63. The number of nitrogens with one attached hydrogen (secondary N) is 1. The number of para-hydroxylation sites is 1. The smallest absolute Gasteiger partial charge is 0.283 e. The predicted molar refractivity (Wildman–Crippen MR) is 102 cm³/mol. The lowest BCUT2D eigenvalue weighted by Crippen LogP contribution is -2.09. The molecule has 0 bridgehead atoms. The van der Waals surface area contributed by atoms with Gasteiger partial charge in [0, 0.05) is 10.0 Å². The fourth-order valence-electron chi connectivity index (χ4n) is 2.23. The van der Waals surface area contributed by atoms with E-state index in [0.29, 0.717) is 6.61 Å². The molecule has 2 aromatic carbocycles. The molecule has 3 nitrogen and oxygen atoms in total. The molecule has 0 saturated carbocycles. The van der Waals surface area contributed by atoms with E-state index in [9.17, 15) is 4.79 Å². The number of thioether (sulfide) groups is 1. The second-order valence-corrected chi connectivity index (χ2v) is 6.77. The van der Waals surface area contributed by atoms with Crippen LogP contribution in [-0.4, -0.2) is 11.5 Å². The molecule has 0 aliphatic carbocycles. The summed E-state index contributed by atoms with van der Waals surface area (Å²) in [5.41, 5.74) is 4.11. The second-order valence-electron chi connectivity index (χ2n) is 5.13. The Kier molecular flexibility index (Phi) is 6.54. The minimum absolute atomic E-state index is 0.0957. The molecular formula is C18H20BrNO2S. The van der Waals surface area contributed by atoms with Crippen molar-refractivity contribution in [3.8, 4) is 5.75 Å². The number of carbonyl (C=O) groups is 1. The van der Waals surface area contributed by atoms with Gasteiger partial charge in [0.25, 0.3) is 5.24 Å². The topological polar surface area (TPSA) is 38.3 Å². The van der Waals surface area contributed by atoms with Crippen LogP contribution in [0, 0.1) is 6.92 Å². The summed E-state index contributed by atoms with van der Waals surface area (Å²) in [7, 11) is 0. The number of halogens is 1. The van der Waals surface area contributed by atoms with Crippen molar-refractivity contribution >= 4 is 38.6 Å². The zero-order valence-electron chi connectivity index (χ0n) is 13.5. The van der Waals surface area contributed by atoms with Gasteiger partial charge in [-0.05, 0) is 58.8 Å². The second kappa shape index (κ2) is 8.41. The Hall–Kier alpha value is -1.46. The fourth-order valence-corrected chi connectivity index (χ4v) is 2.94. The minimum atomic E-state index is -0.0957. The molecule has 0 aliphatic rings. The van der Waals surface area contributed by atoms with Crippen molar-refractivity contribution in [1.82, 2.24) is 0 Å². The molecule has 23 heavy (non-hydrogen) atoms. The van der Waals surface area contributed by atoms with Crippen LogP contribution in [0.15, 0.2) is 40.9 Å².